The van der Waals surface area contributed by atoms with Gasteiger partial charge in [0.05, 0.1) is 30.3 Å². The predicted molar refractivity (Wildman–Crippen MR) is 116 cm³/mol. The molecule has 0 aromatic heterocycles. The second-order valence-electron chi connectivity index (χ2n) is 8.56. The Hall–Kier alpha value is -3.12. The van der Waals surface area contributed by atoms with Gasteiger partial charge in [-0.3, -0.25) is 14.9 Å². The first-order valence-corrected chi connectivity index (χ1v) is 10.9. The summed E-state index contributed by atoms with van der Waals surface area (Å²) < 4.78 is 16.2. The lowest BCUT2D eigenvalue weighted by Gasteiger charge is -2.35. The third-order valence-electron chi connectivity index (χ3n) is 6.40. The van der Waals surface area contributed by atoms with E-state index in [-0.39, 0.29) is 30.0 Å². The zero-order valence-electron chi connectivity index (χ0n) is 18.9. The van der Waals surface area contributed by atoms with Crippen molar-refractivity contribution in [3.63, 3.8) is 0 Å². The number of allylic oxidation sites excluding steroid dienone is 2. The molecule has 0 saturated carbocycles. The van der Waals surface area contributed by atoms with Crippen molar-refractivity contribution >= 4 is 17.4 Å². The van der Waals surface area contributed by atoms with E-state index in [1.54, 1.807) is 26.8 Å². The second kappa shape index (κ2) is 8.91. The largest absolute Gasteiger partial charge is 0.463 e. The summed E-state index contributed by atoms with van der Waals surface area (Å²) in [5.74, 6) is -2.51. The molecule has 0 amide bonds. The summed E-state index contributed by atoms with van der Waals surface area (Å²) >= 11 is 0. The number of aliphatic hydroxyl groups excluding tert-OH is 1. The van der Waals surface area contributed by atoms with Crippen molar-refractivity contribution in [2.24, 2.45) is 0 Å². The first-order valence-electron chi connectivity index (χ1n) is 10.9. The van der Waals surface area contributed by atoms with Crippen molar-refractivity contribution < 1.29 is 38.9 Å². The maximum Gasteiger partial charge on any atom is 0.336 e. The molecule has 2 fully saturated rings. The quantitative estimate of drug-likeness (QED) is 0.307. The lowest BCUT2D eigenvalue weighted by molar-refractivity contribution is -0.384. The average Bonchev–Trinajstić information content (AvgIpc) is 3.34. The van der Waals surface area contributed by atoms with Crippen molar-refractivity contribution in [1.82, 2.24) is 5.32 Å². The Kier molecular flexibility index (Phi) is 6.30. The number of fused-ring (bicyclic) bond motifs is 1. The van der Waals surface area contributed by atoms with Crippen LogP contribution in [0.25, 0.3) is 0 Å². The highest BCUT2D eigenvalue weighted by molar-refractivity contribution is 6.08. The van der Waals surface area contributed by atoms with E-state index < -0.39 is 53.1 Å². The number of carbonyl (C=O) groups excluding carboxylic acids is 2. The molecule has 1 unspecified atom stereocenters. The van der Waals surface area contributed by atoms with Gasteiger partial charge >= 0.3 is 5.97 Å². The third kappa shape index (κ3) is 3.80. The van der Waals surface area contributed by atoms with Crippen molar-refractivity contribution in [1.29, 1.82) is 0 Å². The Bertz CT molecular complexity index is 1110. The predicted octanol–water partition coefficient (Wildman–Crippen LogP) is 0.851. The summed E-state index contributed by atoms with van der Waals surface area (Å²) in [5.41, 5.74) is -1.11. The molecule has 0 bridgehead atoms. The van der Waals surface area contributed by atoms with Gasteiger partial charge in [-0.05, 0) is 26.3 Å². The van der Waals surface area contributed by atoms with Gasteiger partial charge < -0.3 is 29.7 Å². The fraction of sp³-hybridized carbons (Fsp3) is 0.478. The molecule has 0 aliphatic carbocycles. The topological polar surface area (TPSA) is 157 Å². The number of nitro benzene ring substituents is 1. The number of non-ortho nitro benzene ring substituents is 1. The van der Waals surface area contributed by atoms with Crippen LogP contribution in [0.15, 0.2) is 46.8 Å². The fourth-order valence-corrected chi connectivity index (χ4v) is 4.86. The number of nitrogens with one attached hydrogen (secondary N) is 1. The molecular weight excluding hydrogens is 448 g/mol. The number of nitrogens with zero attached hydrogens (tertiary/aromatic N) is 1. The number of dihydropyridines is 1. The van der Waals surface area contributed by atoms with Crippen LogP contribution < -0.4 is 5.32 Å². The number of benzene rings is 1. The number of ether oxygens (including phenoxy) is 3. The van der Waals surface area contributed by atoms with Gasteiger partial charge in [0.25, 0.3) is 5.69 Å². The molecule has 0 radical (unpaired) electrons. The smallest absolute Gasteiger partial charge is 0.336 e. The molecule has 182 valence electrons. The van der Waals surface area contributed by atoms with Crippen LogP contribution in [0, 0.1) is 10.1 Å². The van der Waals surface area contributed by atoms with Gasteiger partial charge in [0, 0.05) is 35.0 Å². The van der Waals surface area contributed by atoms with E-state index in [4.69, 9.17) is 14.2 Å². The molecule has 5 atom stereocenters. The zero-order valence-corrected chi connectivity index (χ0v) is 18.9. The third-order valence-corrected chi connectivity index (χ3v) is 6.40. The van der Waals surface area contributed by atoms with Crippen LogP contribution in [0.5, 0.6) is 0 Å². The van der Waals surface area contributed by atoms with E-state index >= 15 is 0 Å². The number of esters is 1. The minimum absolute atomic E-state index is 0.0332. The van der Waals surface area contributed by atoms with Crippen LogP contribution in [0.3, 0.4) is 0 Å². The van der Waals surface area contributed by atoms with Crippen LogP contribution >= 0.6 is 0 Å². The van der Waals surface area contributed by atoms with E-state index in [1.165, 1.54) is 18.2 Å². The Labute approximate surface area is 195 Å². The summed E-state index contributed by atoms with van der Waals surface area (Å²) in [4.78, 5) is 37.8. The molecule has 11 nitrogen and oxygen atoms in total. The highest BCUT2D eigenvalue weighted by Gasteiger charge is 2.61. The molecule has 11 heteroatoms. The first kappa shape index (κ1) is 24.0. The molecule has 3 N–H and O–H groups in total. The molecule has 2 saturated heterocycles. The number of hydrogen-bond acceptors (Lipinski definition) is 10. The minimum atomic E-state index is -2.12. The standard InChI is InChI=1S/C23H26N2O9/c1-4-32-22(28)17-12(3)24-11(2)16(18(17)13-6-5-7-14(8-13)25(30)31)20(27)23(29)10-34-19-15(26)9-33-21(19)23/h5-8,15,18-19,21,24,26,29H,4,9-10H2,1-3H3/t15-,18?,19+,21-,23-/m0/s1. The van der Waals surface area contributed by atoms with E-state index in [9.17, 15) is 29.9 Å². The molecule has 3 aliphatic heterocycles. The molecular formula is C23H26N2O9. The lowest BCUT2D eigenvalue weighted by atomic mass is 9.74. The number of rotatable bonds is 6. The summed E-state index contributed by atoms with van der Waals surface area (Å²) in [5, 5.41) is 35.9. The summed E-state index contributed by atoms with van der Waals surface area (Å²) in [6.07, 6.45) is -2.96. The monoisotopic (exact) mass is 474 g/mol. The number of hydrogen-bond donors (Lipinski definition) is 3. The summed E-state index contributed by atoms with van der Waals surface area (Å²) in [7, 11) is 0. The second-order valence-corrected chi connectivity index (χ2v) is 8.56. The van der Waals surface area contributed by atoms with Crippen molar-refractivity contribution in [2.45, 2.75) is 50.6 Å². The lowest BCUT2D eigenvalue weighted by Crippen LogP contribution is -2.52. The Morgan fingerprint density at radius 1 is 1.26 bits per heavy atom. The van der Waals surface area contributed by atoms with Gasteiger partial charge in [0.1, 0.15) is 18.3 Å². The minimum Gasteiger partial charge on any atom is -0.463 e. The van der Waals surface area contributed by atoms with E-state index in [1.807, 2.05) is 0 Å². The van der Waals surface area contributed by atoms with E-state index in [2.05, 4.69) is 5.32 Å². The zero-order chi connectivity index (χ0) is 24.8. The molecule has 3 heterocycles. The molecule has 1 aromatic carbocycles. The van der Waals surface area contributed by atoms with Crippen LogP contribution in [-0.4, -0.2) is 70.6 Å². The molecule has 1 aromatic rings. The number of ketones is 1. The fourth-order valence-electron chi connectivity index (χ4n) is 4.86. The summed E-state index contributed by atoms with van der Waals surface area (Å²) in [6.45, 7) is 4.47. The van der Waals surface area contributed by atoms with Gasteiger partial charge in [-0.2, -0.15) is 0 Å². The maximum atomic E-state index is 13.9. The number of nitro groups is 1. The van der Waals surface area contributed by atoms with Crippen molar-refractivity contribution in [3.8, 4) is 0 Å². The number of aliphatic hydroxyl groups is 2. The molecule has 34 heavy (non-hydrogen) atoms. The van der Waals surface area contributed by atoms with Crippen LogP contribution in [0.2, 0.25) is 0 Å². The Morgan fingerprint density at radius 2 is 1.97 bits per heavy atom. The normalized spacial score (nSPS) is 30.7. The van der Waals surface area contributed by atoms with E-state index in [0.29, 0.717) is 17.0 Å². The van der Waals surface area contributed by atoms with Gasteiger partial charge in [0.15, 0.2) is 11.4 Å². The number of Topliss-reactive ketones (excluding diaryl/α,β-unsaturated/α-hetero) is 1. The van der Waals surface area contributed by atoms with Gasteiger partial charge in [-0.1, -0.05) is 12.1 Å². The van der Waals surface area contributed by atoms with Gasteiger partial charge in [-0.25, -0.2) is 4.79 Å². The number of carbonyl (C=O) groups is 2. The molecule has 0 spiro atoms. The Balaban J connectivity index is 1.85. The van der Waals surface area contributed by atoms with Crippen LogP contribution in [0.1, 0.15) is 32.3 Å². The summed E-state index contributed by atoms with van der Waals surface area (Å²) in [6, 6.07) is 5.63. The van der Waals surface area contributed by atoms with Crippen molar-refractivity contribution in [2.75, 3.05) is 19.8 Å². The van der Waals surface area contributed by atoms with Crippen LogP contribution in [0.4, 0.5) is 5.69 Å². The van der Waals surface area contributed by atoms with Gasteiger partial charge in [0.2, 0.25) is 0 Å². The molecule has 3 aliphatic rings. The highest BCUT2D eigenvalue weighted by Crippen LogP contribution is 2.44. The Morgan fingerprint density at radius 3 is 2.65 bits per heavy atom. The average molecular weight is 474 g/mol. The maximum absolute atomic E-state index is 13.9. The first-order chi connectivity index (χ1) is 16.1. The van der Waals surface area contributed by atoms with Gasteiger partial charge in [-0.15, -0.1) is 0 Å². The highest BCUT2D eigenvalue weighted by atomic mass is 16.6. The van der Waals surface area contributed by atoms with E-state index in [0.717, 1.165) is 0 Å². The molecule has 4 rings (SSSR count). The van der Waals surface area contributed by atoms with Crippen LogP contribution in [-0.2, 0) is 23.8 Å². The SMILES string of the molecule is CCOC(=O)C1=C(C)NC(C)=C(C(=O)[C@@]2(O)CO[C@@H]3[C@@H](O)CO[C@@H]32)C1c1cccc([N+](=O)[O-])c1. The van der Waals surface area contributed by atoms with Crippen molar-refractivity contribution in [3.05, 3.63) is 62.5 Å².